The second kappa shape index (κ2) is 11.7. The van der Waals surface area contributed by atoms with Crippen molar-refractivity contribution in [3.8, 4) is 17.9 Å². The molecule has 1 aromatic carbocycles. The van der Waals surface area contributed by atoms with E-state index in [0.717, 1.165) is 26.2 Å². The molecule has 0 aliphatic carbocycles. The van der Waals surface area contributed by atoms with Crippen LogP contribution in [0.5, 0.6) is 0 Å². The minimum Gasteiger partial charge on any atom is -0.475 e. The van der Waals surface area contributed by atoms with Crippen molar-refractivity contribution in [1.29, 1.82) is 5.26 Å². The van der Waals surface area contributed by atoms with E-state index < -0.39 is 29.4 Å². The van der Waals surface area contributed by atoms with Gasteiger partial charge in [-0.3, -0.25) is 18.9 Å². The number of halogens is 3. The van der Waals surface area contributed by atoms with Gasteiger partial charge in [0, 0.05) is 26.2 Å². The van der Waals surface area contributed by atoms with Gasteiger partial charge in [-0.2, -0.15) is 23.4 Å². The van der Waals surface area contributed by atoms with E-state index in [2.05, 4.69) is 33.1 Å². The number of piperazine rings is 1. The molecule has 200 valence electrons. The summed E-state index contributed by atoms with van der Waals surface area (Å²) < 4.78 is 35.0. The van der Waals surface area contributed by atoms with Gasteiger partial charge in [0.15, 0.2) is 11.2 Å². The summed E-state index contributed by atoms with van der Waals surface area (Å²) in [6.07, 6.45) is -5.08. The number of alkyl halides is 3. The van der Waals surface area contributed by atoms with Gasteiger partial charge in [0.1, 0.15) is 0 Å². The third-order valence-corrected chi connectivity index (χ3v) is 5.79. The number of anilines is 1. The highest BCUT2D eigenvalue weighted by Gasteiger charge is 2.38. The first-order valence-corrected chi connectivity index (χ1v) is 11.4. The maximum atomic E-state index is 12.9. The molecule has 1 fully saturated rings. The number of aliphatic carboxylic acids is 1. The van der Waals surface area contributed by atoms with Crippen molar-refractivity contribution in [2.45, 2.75) is 32.6 Å². The van der Waals surface area contributed by atoms with E-state index in [-0.39, 0.29) is 6.54 Å². The SMILES string of the molecule is CC#CCn1c(N2CCNCC2)nc2c1c(=O)[nH]c(=O)n2C(C)c1ccccc1C#N.O=C(O)C(F)(F)F. The highest BCUT2D eigenvalue weighted by molar-refractivity contribution is 5.75. The van der Waals surface area contributed by atoms with Gasteiger partial charge in [0.05, 0.1) is 24.2 Å². The maximum absolute atomic E-state index is 12.9. The van der Waals surface area contributed by atoms with Crippen LogP contribution < -0.4 is 21.5 Å². The van der Waals surface area contributed by atoms with Crippen molar-refractivity contribution in [1.82, 2.24) is 24.4 Å². The van der Waals surface area contributed by atoms with Crippen LogP contribution in [0, 0.1) is 23.2 Å². The van der Waals surface area contributed by atoms with Crippen molar-refractivity contribution in [3.05, 3.63) is 56.2 Å². The number of nitriles is 1. The molecule has 14 heteroatoms. The molecule has 38 heavy (non-hydrogen) atoms. The standard InChI is InChI=1S/C22H23N7O2.C2HF3O2/c1-3-4-11-28-18-19(25-21(28)27-12-9-24-10-13-27)29(22(31)26-20(18)30)15(2)17-8-6-5-7-16(17)14-23;3-2(4,5)1(6)7/h5-8,15,24H,9-13H2,1-2H3,(H,26,30,31);(H,6,7). The average molecular weight is 531 g/mol. The second-order valence-electron chi connectivity index (χ2n) is 8.14. The highest BCUT2D eigenvalue weighted by atomic mass is 19.4. The summed E-state index contributed by atoms with van der Waals surface area (Å²) in [6.45, 7) is 6.93. The number of nitrogens with one attached hydrogen (secondary N) is 2. The fourth-order valence-corrected chi connectivity index (χ4v) is 4.01. The Kier molecular flexibility index (Phi) is 8.60. The molecule has 0 saturated carbocycles. The van der Waals surface area contributed by atoms with E-state index >= 15 is 0 Å². The van der Waals surface area contributed by atoms with Gasteiger partial charge in [-0.1, -0.05) is 24.1 Å². The molecule has 0 bridgehead atoms. The van der Waals surface area contributed by atoms with Gasteiger partial charge in [-0.05, 0) is 25.5 Å². The number of hydrogen-bond donors (Lipinski definition) is 3. The van der Waals surface area contributed by atoms with Crippen molar-refractivity contribution in [2.24, 2.45) is 0 Å². The van der Waals surface area contributed by atoms with Crippen LogP contribution >= 0.6 is 0 Å². The first-order chi connectivity index (χ1) is 18.0. The zero-order valence-electron chi connectivity index (χ0n) is 20.5. The lowest BCUT2D eigenvalue weighted by atomic mass is 10.0. The number of H-pyrrole nitrogens is 1. The quantitative estimate of drug-likeness (QED) is 0.428. The van der Waals surface area contributed by atoms with Crippen LogP contribution in [0.15, 0.2) is 33.9 Å². The molecular formula is C24H24F3N7O4. The molecule has 0 radical (unpaired) electrons. The van der Waals surface area contributed by atoms with E-state index in [4.69, 9.17) is 14.9 Å². The molecule has 2 aromatic heterocycles. The number of hydrogen-bond acceptors (Lipinski definition) is 7. The zero-order valence-corrected chi connectivity index (χ0v) is 20.5. The third-order valence-electron chi connectivity index (χ3n) is 5.79. The molecule has 1 aliphatic heterocycles. The molecule has 0 spiro atoms. The molecule has 3 aromatic rings. The van der Waals surface area contributed by atoms with Gasteiger partial charge in [0.2, 0.25) is 5.95 Å². The van der Waals surface area contributed by atoms with E-state index in [0.29, 0.717) is 28.2 Å². The summed E-state index contributed by atoms with van der Waals surface area (Å²) in [5.41, 5.74) is 0.698. The molecular weight excluding hydrogens is 507 g/mol. The zero-order chi connectivity index (χ0) is 28.0. The average Bonchev–Trinajstić information content (AvgIpc) is 3.27. The molecule has 1 unspecified atom stereocenters. The molecule has 0 amide bonds. The van der Waals surface area contributed by atoms with E-state index in [1.807, 2.05) is 19.1 Å². The summed E-state index contributed by atoms with van der Waals surface area (Å²) in [7, 11) is 0. The number of nitrogens with zero attached hydrogens (tertiary/aromatic N) is 5. The molecule has 1 atom stereocenters. The topological polar surface area (TPSA) is 149 Å². The fourth-order valence-electron chi connectivity index (χ4n) is 4.01. The van der Waals surface area contributed by atoms with Crippen LogP contribution in [0.25, 0.3) is 11.2 Å². The van der Waals surface area contributed by atoms with Crippen molar-refractivity contribution in [3.63, 3.8) is 0 Å². The van der Waals surface area contributed by atoms with Crippen LogP contribution in [0.1, 0.15) is 31.0 Å². The monoisotopic (exact) mass is 531 g/mol. The highest BCUT2D eigenvalue weighted by Crippen LogP contribution is 2.26. The Morgan fingerprint density at radius 1 is 1.24 bits per heavy atom. The number of carbonyl (C=O) groups is 1. The Bertz CT molecular complexity index is 1550. The fraction of sp³-hybridized carbons (Fsp3) is 0.375. The van der Waals surface area contributed by atoms with Crippen LogP contribution in [0.4, 0.5) is 19.1 Å². The van der Waals surface area contributed by atoms with Crippen LogP contribution in [0.3, 0.4) is 0 Å². The van der Waals surface area contributed by atoms with Crippen molar-refractivity contribution < 1.29 is 23.1 Å². The van der Waals surface area contributed by atoms with Gasteiger partial charge < -0.3 is 15.3 Å². The van der Waals surface area contributed by atoms with Gasteiger partial charge >= 0.3 is 17.8 Å². The van der Waals surface area contributed by atoms with E-state index in [1.54, 1.807) is 23.6 Å². The second-order valence-corrected chi connectivity index (χ2v) is 8.14. The first kappa shape index (κ1) is 28.0. The Balaban J connectivity index is 0.000000505. The van der Waals surface area contributed by atoms with Gasteiger partial charge in [-0.25, -0.2) is 9.59 Å². The maximum Gasteiger partial charge on any atom is 0.490 e. The Morgan fingerprint density at radius 2 is 1.87 bits per heavy atom. The van der Waals surface area contributed by atoms with Crippen LogP contribution in [0.2, 0.25) is 0 Å². The van der Waals surface area contributed by atoms with Crippen molar-refractivity contribution in [2.75, 3.05) is 31.1 Å². The number of carboxylic acids is 1. The lowest BCUT2D eigenvalue weighted by Crippen LogP contribution is -2.44. The van der Waals surface area contributed by atoms with Crippen LogP contribution in [-0.2, 0) is 11.3 Å². The van der Waals surface area contributed by atoms with E-state index in [9.17, 15) is 28.0 Å². The van der Waals surface area contributed by atoms with E-state index in [1.165, 1.54) is 4.57 Å². The predicted molar refractivity (Wildman–Crippen MR) is 132 cm³/mol. The Labute approximate surface area is 214 Å². The smallest absolute Gasteiger partial charge is 0.475 e. The van der Waals surface area contributed by atoms with Gasteiger partial charge in [0.25, 0.3) is 5.56 Å². The number of carboxylic acid groups (broad SMARTS) is 1. The molecule has 3 N–H and O–H groups in total. The minimum absolute atomic E-state index is 0.288. The van der Waals surface area contributed by atoms with Gasteiger partial charge in [-0.15, -0.1) is 5.92 Å². The summed E-state index contributed by atoms with van der Waals surface area (Å²) in [5.74, 6) is 3.73. The summed E-state index contributed by atoms with van der Waals surface area (Å²) in [5, 5.41) is 19.9. The largest absolute Gasteiger partial charge is 0.490 e. The lowest BCUT2D eigenvalue weighted by Gasteiger charge is -2.28. The predicted octanol–water partition coefficient (Wildman–Crippen LogP) is 1.43. The number of aromatic nitrogens is 4. The summed E-state index contributed by atoms with van der Waals surface area (Å²) in [4.78, 5) is 43.9. The summed E-state index contributed by atoms with van der Waals surface area (Å²) in [6, 6.07) is 8.79. The molecule has 1 saturated heterocycles. The van der Waals surface area contributed by atoms with Crippen molar-refractivity contribution >= 4 is 23.1 Å². The number of benzene rings is 1. The Morgan fingerprint density at radius 3 is 2.45 bits per heavy atom. The molecule has 4 rings (SSSR count). The Hall–Kier alpha value is -4.56. The number of rotatable bonds is 4. The molecule has 1 aliphatic rings. The van der Waals surface area contributed by atoms with Crippen LogP contribution in [-0.4, -0.2) is 62.5 Å². The minimum atomic E-state index is -5.08. The lowest BCUT2D eigenvalue weighted by molar-refractivity contribution is -0.192. The normalized spacial score (nSPS) is 14.1. The number of imidazole rings is 1. The molecule has 11 nitrogen and oxygen atoms in total. The first-order valence-electron chi connectivity index (χ1n) is 11.4. The molecule has 3 heterocycles. The number of aromatic amines is 1. The third kappa shape index (κ3) is 5.87. The number of fused-ring (bicyclic) bond motifs is 1. The summed E-state index contributed by atoms with van der Waals surface area (Å²) >= 11 is 0.